The minimum absolute atomic E-state index is 0.0361. The van der Waals surface area contributed by atoms with Gasteiger partial charge in [0.05, 0.1) is 0 Å². The van der Waals surface area contributed by atoms with E-state index < -0.39 is 0 Å². The van der Waals surface area contributed by atoms with Crippen molar-refractivity contribution < 1.29 is 9.90 Å². The topological polar surface area (TPSA) is 49.3 Å². The Hall–Kier alpha value is -0.830. The van der Waals surface area contributed by atoms with Crippen molar-refractivity contribution in [2.45, 2.75) is 122 Å². The van der Waals surface area contributed by atoms with Crippen LogP contribution in [0.3, 0.4) is 0 Å². The van der Waals surface area contributed by atoms with Gasteiger partial charge in [-0.05, 0) is 25.2 Å². The molecule has 0 heterocycles. The first-order valence-corrected chi connectivity index (χ1v) is 12.8. The fraction of sp³-hybridized carbons (Fsp3) is 0.885. The molecule has 0 aliphatic heterocycles. The molecule has 2 unspecified atom stereocenters. The molecule has 2 atom stereocenters. The summed E-state index contributed by atoms with van der Waals surface area (Å²) >= 11 is 0. The number of hydrogen-bond donors (Lipinski definition) is 2. The molecule has 170 valence electrons. The van der Waals surface area contributed by atoms with E-state index in [0.717, 1.165) is 25.8 Å². The van der Waals surface area contributed by atoms with Crippen molar-refractivity contribution in [2.75, 3.05) is 13.2 Å². The van der Waals surface area contributed by atoms with Gasteiger partial charge in [0.1, 0.15) is 0 Å². The van der Waals surface area contributed by atoms with Gasteiger partial charge >= 0.3 is 0 Å². The zero-order valence-corrected chi connectivity index (χ0v) is 19.3. The maximum atomic E-state index is 12.3. The average Bonchev–Trinajstić information content (AvgIpc) is 2.75. The third kappa shape index (κ3) is 13.9. The molecule has 0 aromatic carbocycles. The second-order valence-corrected chi connectivity index (χ2v) is 9.09. The summed E-state index contributed by atoms with van der Waals surface area (Å²) in [6.45, 7) is 3.18. The van der Waals surface area contributed by atoms with Gasteiger partial charge in [0.15, 0.2) is 0 Å². The highest BCUT2D eigenvalue weighted by atomic mass is 16.3. The molecule has 29 heavy (non-hydrogen) atoms. The molecule has 0 aromatic heterocycles. The number of aliphatic hydroxyl groups excluding tert-OH is 1. The molecule has 3 nitrogen and oxygen atoms in total. The lowest BCUT2D eigenvalue weighted by atomic mass is 9.83. The van der Waals surface area contributed by atoms with Crippen LogP contribution in [-0.4, -0.2) is 24.2 Å². The van der Waals surface area contributed by atoms with Gasteiger partial charge < -0.3 is 10.4 Å². The number of rotatable bonds is 19. The van der Waals surface area contributed by atoms with E-state index in [1.54, 1.807) is 0 Å². The standard InChI is InChI=1S/C26H49NO2/c1-2-3-4-5-6-7-8-9-10-11-12-13-14-15-16-19-22-27-26(29)25-21-18-17-20-24(25)23-28/h17-18,24-25,28H,2-16,19-23H2,1H3,(H,27,29). The van der Waals surface area contributed by atoms with Gasteiger partial charge in [0.2, 0.25) is 5.91 Å². The van der Waals surface area contributed by atoms with E-state index in [4.69, 9.17) is 0 Å². The zero-order chi connectivity index (χ0) is 21.0. The van der Waals surface area contributed by atoms with Crippen molar-refractivity contribution in [1.82, 2.24) is 5.32 Å². The summed E-state index contributed by atoms with van der Waals surface area (Å²) in [4.78, 5) is 12.3. The van der Waals surface area contributed by atoms with Crippen molar-refractivity contribution in [3.63, 3.8) is 0 Å². The predicted octanol–water partition coefficient (Wildman–Crippen LogP) is 6.94. The monoisotopic (exact) mass is 407 g/mol. The number of nitrogens with one attached hydrogen (secondary N) is 1. The highest BCUT2D eigenvalue weighted by molar-refractivity contribution is 5.79. The molecule has 1 rings (SSSR count). The molecule has 3 heteroatoms. The van der Waals surface area contributed by atoms with Crippen LogP contribution in [0, 0.1) is 11.8 Å². The van der Waals surface area contributed by atoms with E-state index in [9.17, 15) is 9.90 Å². The minimum Gasteiger partial charge on any atom is -0.396 e. The Morgan fingerprint density at radius 2 is 1.21 bits per heavy atom. The third-order valence-electron chi connectivity index (χ3n) is 6.47. The lowest BCUT2D eigenvalue weighted by Crippen LogP contribution is -2.37. The molecule has 0 saturated heterocycles. The number of allylic oxidation sites excluding steroid dienone is 2. The number of aliphatic hydroxyl groups is 1. The summed E-state index contributed by atoms with van der Waals surface area (Å²) in [6, 6.07) is 0. The van der Waals surface area contributed by atoms with Gasteiger partial charge in [-0.2, -0.15) is 0 Å². The third-order valence-corrected chi connectivity index (χ3v) is 6.47. The van der Waals surface area contributed by atoms with Crippen LogP contribution in [0.2, 0.25) is 0 Å². The van der Waals surface area contributed by atoms with Crippen molar-refractivity contribution >= 4 is 5.91 Å². The van der Waals surface area contributed by atoms with Crippen LogP contribution in [0.15, 0.2) is 12.2 Å². The fourth-order valence-electron chi connectivity index (χ4n) is 4.41. The van der Waals surface area contributed by atoms with E-state index >= 15 is 0 Å². The lowest BCUT2D eigenvalue weighted by molar-refractivity contribution is -0.127. The Labute approximate surface area is 181 Å². The smallest absolute Gasteiger partial charge is 0.223 e. The van der Waals surface area contributed by atoms with Gasteiger partial charge in [-0.1, -0.05) is 115 Å². The predicted molar refractivity (Wildman–Crippen MR) is 125 cm³/mol. The van der Waals surface area contributed by atoms with Crippen LogP contribution >= 0.6 is 0 Å². The Morgan fingerprint density at radius 1 is 0.759 bits per heavy atom. The van der Waals surface area contributed by atoms with Crippen molar-refractivity contribution in [2.24, 2.45) is 11.8 Å². The number of hydrogen-bond acceptors (Lipinski definition) is 2. The normalized spacial score (nSPS) is 18.8. The molecule has 1 aliphatic carbocycles. The van der Waals surface area contributed by atoms with Gasteiger partial charge in [0.25, 0.3) is 0 Å². The van der Waals surface area contributed by atoms with Crippen LogP contribution < -0.4 is 5.32 Å². The molecule has 2 N–H and O–H groups in total. The maximum absolute atomic E-state index is 12.3. The van der Waals surface area contributed by atoms with E-state index in [-0.39, 0.29) is 24.3 Å². The van der Waals surface area contributed by atoms with E-state index in [0.29, 0.717) is 0 Å². The van der Waals surface area contributed by atoms with Crippen molar-refractivity contribution in [3.8, 4) is 0 Å². The summed E-state index contributed by atoms with van der Waals surface area (Å²) in [5.74, 6) is 0.200. The van der Waals surface area contributed by atoms with Gasteiger partial charge in [0, 0.05) is 19.1 Å². The quantitative estimate of drug-likeness (QED) is 0.180. The molecular weight excluding hydrogens is 358 g/mol. The number of unbranched alkanes of at least 4 members (excludes halogenated alkanes) is 15. The SMILES string of the molecule is CCCCCCCCCCCCCCCCCCNC(=O)C1CC=CCC1CO. The highest BCUT2D eigenvalue weighted by Crippen LogP contribution is 2.25. The Kier molecular flexibility index (Phi) is 17.3. The number of carbonyl (C=O) groups excluding carboxylic acids is 1. The van der Waals surface area contributed by atoms with Crippen LogP contribution in [0.25, 0.3) is 0 Å². The zero-order valence-electron chi connectivity index (χ0n) is 19.3. The second kappa shape index (κ2) is 19.2. The Bertz CT molecular complexity index is 408. The Balaban J connectivity index is 1.80. The first kappa shape index (κ1) is 26.2. The van der Waals surface area contributed by atoms with Crippen LogP contribution in [-0.2, 0) is 4.79 Å². The minimum atomic E-state index is -0.0361. The first-order valence-electron chi connectivity index (χ1n) is 12.8. The largest absolute Gasteiger partial charge is 0.396 e. The summed E-state index contributed by atoms with van der Waals surface area (Å²) in [5, 5.41) is 12.5. The van der Waals surface area contributed by atoms with Crippen LogP contribution in [0.4, 0.5) is 0 Å². The van der Waals surface area contributed by atoms with Crippen molar-refractivity contribution in [3.05, 3.63) is 12.2 Å². The fourth-order valence-corrected chi connectivity index (χ4v) is 4.41. The molecule has 0 radical (unpaired) electrons. The van der Waals surface area contributed by atoms with Gasteiger partial charge in [-0.3, -0.25) is 4.79 Å². The van der Waals surface area contributed by atoms with E-state index in [1.165, 1.54) is 96.3 Å². The molecule has 0 bridgehead atoms. The molecule has 0 saturated carbocycles. The Morgan fingerprint density at radius 3 is 1.69 bits per heavy atom. The average molecular weight is 408 g/mol. The number of amides is 1. The molecule has 1 aliphatic rings. The van der Waals surface area contributed by atoms with Crippen molar-refractivity contribution in [1.29, 1.82) is 0 Å². The molecule has 0 aromatic rings. The summed E-state index contributed by atoms with van der Waals surface area (Å²) in [5.41, 5.74) is 0. The lowest BCUT2D eigenvalue weighted by Gasteiger charge is -2.25. The van der Waals surface area contributed by atoms with Gasteiger partial charge in [-0.25, -0.2) is 0 Å². The van der Waals surface area contributed by atoms with Crippen LogP contribution in [0.1, 0.15) is 122 Å². The summed E-state index contributed by atoms with van der Waals surface area (Å²) < 4.78 is 0. The first-order chi connectivity index (χ1) is 14.3. The van der Waals surface area contributed by atoms with E-state index in [2.05, 4.69) is 24.4 Å². The molecule has 1 amide bonds. The molecular formula is C26H49NO2. The summed E-state index contributed by atoms with van der Waals surface area (Å²) in [7, 11) is 0. The molecule has 0 spiro atoms. The van der Waals surface area contributed by atoms with Crippen LogP contribution in [0.5, 0.6) is 0 Å². The number of carbonyl (C=O) groups is 1. The summed E-state index contributed by atoms with van der Waals surface area (Å²) in [6.07, 6.45) is 27.7. The molecule has 0 fully saturated rings. The second-order valence-electron chi connectivity index (χ2n) is 9.09. The highest BCUT2D eigenvalue weighted by Gasteiger charge is 2.27. The van der Waals surface area contributed by atoms with Gasteiger partial charge in [-0.15, -0.1) is 0 Å². The maximum Gasteiger partial charge on any atom is 0.223 e. The van der Waals surface area contributed by atoms with E-state index in [1.807, 2.05) is 0 Å².